The molecule has 3 nitrogen and oxygen atoms in total. The largest absolute Gasteiger partial charge is 0.385 e. The second-order valence-electron chi connectivity index (χ2n) is 3.27. The van der Waals surface area contributed by atoms with E-state index in [0.29, 0.717) is 18.7 Å². The average molecular weight is 243 g/mol. The Bertz CT molecular complexity index is 371. The fraction of sp³-hybridized carbons (Fsp3) is 0.364. The Labute approximate surface area is 99.4 Å². The molecule has 0 spiro atoms. The maximum Gasteiger partial charge on any atom is 0.251 e. The van der Waals surface area contributed by atoms with Crippen LogP contribution in [0.2, 0.25) is 0 Å². The number of thiol groups is 1. The third kappa shape index (κ3) is 3.83. The monoisotopic (exact) mass is 243 g/mol. The smallest absolute Gasteiger partial charge is 0.251 e. The zero-order valence-corrected chi connectivity index (χ0v) is 9.89. The molecule has 0 atom stereocenters. The minimum Gasteiger partial charge on any atom is -0.385 e. The van der Waals surface area contributed by atoms with Gasteiger partial charge < -0.3 is 10.1 Å². The number of hydrogen-bond donors (Lipinski definition) is 2. The fourth-order valence-corrected chi connectivity index (χ4v) is 1.39. The van der Waals surface area contributed by atoms with E-state index in [1.165, 1.54) is 18.2 Å². The van der Waals surface area contributed by atoms with Crippen LogP contribution in [0.25, 0.3) is 0 Å². The first-order valence-corrected chi connectivity index (χ1v) is 5.35. The van der Waals surface area contributed by atoms with E-state index in [4.69, 9.17) is 4.74 Å². The number of hydrogen-bond acceptors (Lipinski definition) is 3. The number of carbonyl (C=O) groups is 1. The van der Waals surface area contributed by atoms with Crippen LogP contribution in [0.3, 0.4) is 0 Å². The van der Waals surface area contributed by atoms with Gasteiger partial charge in [0.2, 0.25) is 0 Å². The van der Waals surface area contributed by atoms with Gasteiger partial charge in [0.25, 0.3) is 5.91 Å². The summed E-state index contributed by atoms with van der Waals surface area (Å²) in [6.45, 7) is 1.13. The second kappa shape index (κ2) is 6.50. The van der Waals surface area contributed by atoms with E-state index in [9.17, 15) is 9.18 Å². The van der Waals surface area contributed by atoms with Crippen molar-refractivity contribution in [3.8, 4) is 0 Å². The van der Waals surface area contributed by atoms with Gasteiger partial charge in [-0.1, -0.05) is 0 Å². The highest BCUT2D eigenvalue weighted by atomic mass is 32.1. The van der Waals surface area contributed by atoms with Gasteiger partial charge in [0.15, 0.2) is 0 Å². The van der Waals surface area contributed by atoms with E-state index in [0.717, 1.165) is 6.42 Å². The molecule has 0 unspecified atom stereocenters. The van der Waals surface area contributed by atoms with Crippen molar-refractivity contribution in [1.82, 2.24) is 5.32 Å². The number of amides is 1. The highest BCUT2D eigenvalue weighted by Gasteiger charge is 2.07. The van der Waals surface area contributed by atoms with Crippen molar-refractivity contribution in [3.05, 3.63) is 29.6 Å². The molecule has 1 aromatic carbocycles. The molecule has 0 aliphatic carbocycles. The van der Waals surface area contributed by atoms with Crippen LogP contribution in [0.15, 0.2) is 23.1 Å². The Balaban J connectivity index is 2.50. The molecule has 16 heavy (non-hydrogen) atoms. The molecule has 1 rings (SSSR count). The van der Waals surface area contributed by atoms with Crippen molar-refractivity contribution < 1.29 is 13.9 Å². The normalized spacial score (nSPS) is 10.2. The number of halogens is 1. The Kier molecular flexibility index (Phi) is 5.28. The van der Waals surface area contributed by atoms with Gasteiger partial charge in [-0.25, -0.2) is 4.39 Å². The van der Waals surface area contributed by atoms with Gasteiger partial charge in [-0.05, 0) is 24.6 Å². The summed E-state index contributed by atoms with van der Waals surface area (Å²) in [7, 11) is 1.61. The van der Waals surface area contributed by atoms with E-state index < -0.39 is 5.82 Å². The lowest BCUT2D eigenvalue weighted by molar-refractivity contribution is 0.0948. The predicted molar refractivity (Wildman–Crippen MR) is 62.5 cm³/mol. The first-order valence-electron chi connectivity index (χ1n) is 4.91. The van der Waals surface area contributed by atoms with Crippen LogP contribution in [0, 0.1) is 5.82 Å². The molecule has 88 valence electrons. The predicted octanol–water partition coefficient (Wildman–Crippen LogP) is 1.88. The number of ether oxygens (including phenoxy) is 1. The lowest BCUT2D eigenvalue weighted by Gasteiger charge is -2.05. The maximum atomic E-state index is 12.9. The van der Waals surface area contributed by atoms with Crippen molar-refractivity contribution in [1.29, 1.82) is 0 Å². The molecule has 1 aromatic rings. The number of benzene rings is 1. The van der Waals surface area contributed by atoms with Crippen molar-refractivity contribution in [2.45, 2.75) is 11.3 Å². The fourth-order valence-electron chi connectivity index (χ4n) is 1.17. The van der Waals surface area contributed by atoms with E-state index in [2.05, 4.69) is 17.9 Å². The molecular weight excluding hydrogens is 229 g/mol. The van der Waals surface area contributed by atoms with Crippen molar-refractivity contribution in [2.75, 3.05) is 20.3 Å². The quantitative estimate of drug-likeness (QED) is 0.612. The summed E-state index contributed by atoms with van der Waals surface area (Å²) in [6.07, 6.45) is 0.747. The van der Waals surface area contributed by atoms with Crippen LogP contribution >= 0.6 is 12.6 Å². The van der Waals surface area contributed by atoms with Crippen LogP contribution < -0.4 is 5.32 Å². The van der Waals surface area contributed by atoms with Gasteiger partial charge >= 0.3 is 0 Å². The Morgan fingerprint density at radius 1 is 1.56 bits per heavy atom. The number of rotatable bonds is 5. The van der Waals surface area contributed by atoms with Gasteiger partial charge in [0, 0.05) is 30.7 Å². The van der Waals surface area contributed by atoms with Crippen molar-refractivity contribution in [3.63, 3.8) is 0 Å². The minimum absolute atomic E-state index is 0.171. The van der Waals surface area contributed by atoms with Gasteiger partial charge in [-0.2, -0.15) is 0 Å². The highest BCUT2D eigenvalue weighted by molar-refractivity contribution is 7.80. The molecule has 1 amide bonds. The van der Waals surface area contributed by atoms with Gasteiger partial charge in [-0.15, -0.1) is 12.6 Å². The third-order valence-corrected chi connectivity index (χ3v) is 2.36. The van der Waals surface area contributed by atoms with Gasteiger partial charge in [0.1, 0.15) is 5.82 Å². The van der Waals surface area contributed by atoms with Crippen molar-refractivity contribution >= 4 is 18.5 Å². The summed E-state index contributed by atoms with van der Waals surface area (Å²) in [5, 5.41) is 2.71. The first kappa shape index (κ1) is 13.0. The van der Waals surface area contributed by atoms with Crippen LogP contribution in [0.4, 0.5) is 4.39 Å². The molecule has 5 heteroatoms. The maximum absolute atomic E-state index is 12.9. The number of carbonyl (C=O) groups excluding carboxylic acids is 1. The molecule has 0 radical (unpaired) electrons. The Morgan fingerprint density at radius 3 is 2.94 bits per heavy atom. The van der Waals surface area contributed by atoms with E-state index in [-0.39, 0.29) is 10.8 Å². The standard InChI is InChI=1S/C11H14FNO2S/c1-15-6-2-5-13-11(14)8-3-4-9(12)10(16)7-8/h3-4,7,16H,2,5-6H2,1H3,(H,13,14). The number of methoxy groups -OCH3 is 1. The second-order valence-corrected chi connectivity index (χ2v) is 3.75. The molecular formula is C11H14FNO2S. The molecule has 0 aromatic heterocycles. The van der Waals surface area contributed by atoms with Gasteiger partial charge in [0.05, 0.1) is 0 Å². The topological polar surface area (TPSA) is 38.3 Å². The average Bonchev–Trinajstić information content (AvgIpc) is 2.28. The van der Waals surface area contributed by atoms with Gasteiger partial charge in [-0.3, -0.25) is 4.79 Å². The SMILES string of the molecule is COCCCNC(=O)c1ccc(F)c(S)c1. The lowest BCUT2D eigenvalue weighted by atomic mass is 10.2. The minimum atomic E-state index is -0.431. The van der Waals surface area contributed by atoms with Crippen LogP contribution in [-0.2, 0) is 4.74 Å². The van der Waals surface area contributed by atoms with E-state index >= 15 is 0 Å². The molecule has 0 aliphatic heterocycles. The van der Waals surface area contributed by atoms with Crippen molar-refractivity contribution in [2.24, 2.45) is 0 Å². The van der Waals surface area contributed by atoms with Crippen LogP contribution in [0.1, 0.15) is 16.8 Å². The zero-order chi connectivity index (χ0) is 12.0. The molecule has 0 saturated carbocycles. The molecule has 1 N–H and O–H groups in total. The molecule has 0 fully saturated rings. The zero-order valence-electron chi connectivity index (χ0n) is 9.00. The molecule has 0 heterocycles. The third-order valence-electron chi connectivity index (χ3n) is 2.02. The highest BCUT2D eigenvalue weighted by Crippen LogP contribution is 2.13. The molecule has 0 saturated heterocycles. The first-order chi connectivity index (χ1) is 7.65. The summed E-state index contributed by atoms with van der Waals surface area (Å²) in [4.78, 5) is 11.7. The summed E-state index contributed by atoms with van der Waals surface area (Å²) in [5.41, 5.74) is 0.406. The summed E-state index contributed by atoms with van der Waals surface area (Å²) in [5.74, 6) is -0.661. The Morgan fingerprint density at radius 2 is 2.31 bits per heavy atom. The van der Waals surface area contributed by atoms with E-state index in [1.807, 2.05) is 0 Å². The molecule has 0 aliphatic rings. The summed E-state index contributed by atoms with van der Waals surface area (Å²) >= 11 is 3.91. The summed E-state index contributed by atoms with van der Waals surface area (Å²) < 4.78 is 17.7. The lowest BCUT2D eigenvalue weighted by Crippen LogP contribution is -2.25. The molecule has 0 bridgehead atoms. The van der Waals surface area contributed by atoms with Crippen LogP contribution in [-0.4, -0.2) is 26.2 Å². The number of nitrogens with one attached hydrogen (secondary N) is 1. The summed E-state index contributed by atoms with van der Waals surface area (Å²) in [6, 6.07) is 4.07. The van der Waals surface area contributed by atoms with Crippen LogP contribution in [0.5, 0.6) is 0 Å². The Hall–Kier alpha value is -1.07. The van der Waals surface area contributed by atoms with E-state index in [1.54, 1.807) is 7.11 Å².